The molecule has 3 heteroatoms. The van der Waals surface area contributed by atoms with Gasteiger partial charge in [0.25, 0.3) is 0 Å². The van der Waals surface area contributed by atoms with Crippen LogP contribution in [0.2, 0.25) is 13.1 Å². The highest BCUT2D eigenvalue weighted by molar-refractivity contribution is 6.48. The summed E-state index contributed by atoms with van der Waals surface area (Å²) in [4.78, 5) is 0. The van der Waals surface area contributed by atoms with Gasteiger partial charge in [-0.25, -0.2) is 0 Å². The molecule has 2 nitrogen and oxygen atoms in total. The Hall–Kier alpha value is 0.137. The first-order chi connectivity index (χ1) is 7.38. The van der Waals surface area contributed by atoms with Crippen LogP contribution in [0.4, 0.5) is 0 Å². The zero-order valence-corrected chi connectivity index (χ0v) is 13.0. The number of hydrogen-bond acceptors (Lipinski definition) is 2. The fourth-order valence-electron chi connectivity index (χ4n) is 1.86. The molecule has 0 fully saturated rings. The van der Waals surface area contributed by atoms with Crippen molar-refractivity contribution in [2.24, 2.45) is 11.1 Å². The van der Waals surface area contributed by atoms with Gasteiger partial charge in [0.15, 0.2) is 9.04 Å². The lowest BCUT2D eigenvalue weighted by Crippen LogP contribution is -2.33. The lowest BCUT2D eigenvalue weighted by molar-refractivity contribution is 0.0759. The maximum Gasteiger partial charge on any atom is 0.171 e. The van der Waals surface area contributed by atoms with E-state index in [2.05, 4.69) is 33.9 Å². The van der Waals surface area contributed by atoms with Crippen molar-refractivity contribution in [1.82, 2.24) is 0 Å². The molecule has 0 heterocycles. The van der Waals surface area contributed by atoms with Crippen LogP contribution in [0, 0.1) is 5.41 Å². The predicted octanol–water partition coefficient (Wildman–Crippen LogP) is 3.31. The van der Waals surface area contributed by atoms with Gasteiger partial charge < -0.3 is 10.2 Å². The van der Waals surface area contributed by atoms with Crippen LogP contribution in [0.25, 0.3) is 0 Å². The summed E-state index contributed by atoms with van der Waals surface area (Å²) in [5.41, 5.74) is 5.77. The highest BCUT2D eigenvalue weighted by Crippen LogP contribution is 2.27. The molecule has 16 heavy (non-hydrogen) atoms. The standard InChI is InChI=1S/C13H31NOSi/c1-13(2,3)12(15-16(4)5)10-8-6-7-9-11-14/h12,16H,6-11,14H2,1-5H3. The van der Waals surface area contributed by atoms with Crippen LogP contribution in [0.5, 0.6) is 0 Å². The second kappa shape index (κ2) is 8.26. The van der Waals surface area contributed by atoms with Crippen molar-refractivity contribution in [2.45, 2.75) is 72.1 Å². The van der Waals surface area contributed by atoms with Gasteiger partial charge in [-0.15, -0.1) is 0 Å². The molecule has 0 aromatic carbocycles. The molecule has 1 atom stereocenters. The molecule has 0 rings (SSSR count). The smallest absolute Gasteiger partial charge is 0.171 e. The Labute approximate surface area is 104 Å². The van der Waals surface area contributed by atoms with Crippen LogP contribution in [0.3, 0.4) is 0 Å². The van der Waals surface area contributed by atoms with Crippen LogP contribution in [-0.2, 0) is 4.43 Å². The van der Waals surface area contributed by atoms with Crippen molar-refractivity contribution < 1.29 is 4.43 Å². The zero-order chi connectivity index (χ0) is 12.6. The van der Waals surface area contributed by atoms with Gasteiger partial charge in [-0.3, -0.25) is 0 Å². The lowest BCUT2D eigenvalue weighted by Gasteiger charge is -2.32. The van der Waals surface area contributed by atoms with Crippen molar-refractivity contribution in [3.63, 3.8) is 0 Å². The molecule has 0 aliphatic heterocycles. The summed E-state index contributed by atoms with van der Waals surface area (Å²) in [5, 5.41) is 0. The molecule has 98 valence electrons. The second-order valence-electron chi connectivity index (χ2n) is 6.03. The summed E-state index contributed by atoms with van der Waals surface area (Å²) >= 11 is 0. The Kier molecular flexibility index (Phi) is 8.33. The van der Waals surface area contributed by atoms with Gasteiger partial charge in [0, 0.05) is 6.10 Å². The summed E-state index contributed by atoms with van der Waals surface area (Å²) in [5.74, 6) is 0. The van der Waals surface area contributed by atoms with Crippen LogP contribution >= 0.6 is 0 Å². The maximum absolute atomic E-state index is 6.14. The summed E-state index contributed by atoms with van der Waals surface area (Å²) in [7, 11) is -0.913. The number of rotatable bonds is 8. The normalized spacial score (nSPS) is 14.4. The molecule has 1 unspecified atom stereocenters. The Bertz CT molecular complexity index is 166. The fraction of sp³-hybridized carbons (Fsp3) is 1.00. The van der Waals surface area contributed by atoms with E-state index >= 15 is 0 Å². The quantitative estimate of drug-likeness (QED) is 0.526. The third-order valence-electron chi connectivity index (χ3n) is 2.82. The Morgan fingerprint density at radius 2 is 1.62 bits per heavy atom. The number of nitrogens with two attached hydrogens (primary N) is 1. The molecule has 0 saturated carbocycles. The summed E-state index contributed by atoms with van der Waals surface area (Å²) in [6.45, 7) is 12.2. The van der Waals surface area contributed by atoms with Crippen molar-refractivity contribution >= 4 is 9.04 Å². The van der Waals surface area contributed by atoms with Crippen molar-refractivity contribution in [1.29, 1.82) is 0 Å². The molecular formula is C13H31NOSi. The summed E-state index contributed by atoms with van der Waals surface area (Å²) in [6.07, 6.45) is 6.67. The van der Waals surface area contributed by atoms with Gasteiger partial charge in [0.2, 0.25) is 0 Å². The van der Waals surface area contributed by atoms with E-state index in [1.807, 2.05) is 0 Å². The lowest BCUT2D eigenvalue weighted by atomic mass is 9.86. The molecule has 0 aliphatic carbocycles. The van der Waals surface area contributed by atoms with Gasteiger partial charge in [-0.2, -0.15) is 0 Å². The Morgan fingerprint density at radius 3 is 2.06 bits per heavy atom. The van der Waals surface area contributed by atoms with E-state index in [0.717, 1.165) is 6.54 Å². The molecule has 0 amide bonds. The summed E-state index contributed by atoms with van der Waals surface area (Å²) < 4.78 is 6.14. The van der Waals surface area contributed by atoms with Crippen molar-refractivity contribution in [3.8, 4) is 0 Å². The predicted molar refractivity (Wildman–Crippen MR) is 75.3 cm³/mol. The highest BCUT2D eigenvalue weighted by atomic mass is 28.3. The van der Waals surface area contributed by atoms with E-state index < -0.39 is 9.04 Å². The van der Waals surface area contributed by atoms with Crippen LogP contribution in [0.15, 0.2) is 0 Å². The van der Waals surface area contributed by atoms with E-state index in [1.165, 1.54) is 32.1 Å². The Balaban J connectivity index is 3.84. The summed E-state index contributed by atoms with van der Waals surface area (Å²) in [6, 6.07) is 0. The molecule has 0 saturated heterocycles. The SMILES string of the molecule is C[SiH](C)OC(CCCCCCN)C(C)(C)C. The van der Waals surface area contributed by atoms with Crippen molar-refractivity contribution in [3.05, 3.63) is 0 Å². The van der Waals surface area contributed by atoms with Crippen LogP contribution in [-0.4, -0.2) is 21.7 Å². The maximum atomic E-state index is 6.14. The van der Waals surface area contributed by atoms with Crippen molar-refractivity contribution in [2.75, 3.05) is 6.54 Å². The van der Waals surface area contributed by atoms with E-state index in [4.69, 9.17) is 10.2 Å². The third kappa shape index (κ3) is 8.31. The average molecular weight is 245 g/mol. The van der Waals surface area contributed by atoms with Gasteiger partial charge in [0.05, 0.1) is 0 Å². The Morgan fingerprint density at radius 1 is 1.06 bits per heavy atom. The largest absolute Gasteiger partial charge is 0.417 e. The van der Waals surface area contributed by atoms with Gasteiger partial charge >= 0.3 is 0 Å². The molecule has 0 aliphatic rings. The first-order valence-corrected chi connectivity index (χ1v) is 9.51. The number of unbranched alkanes of at least 4 members (excludes halogenated alkanes) is 3. The van der Waals surface area contributed by atoms with E-state index in [9.17, 15) is 0 Å². The minimum atomic E-state index is -0.913. The molecular weight excluding hydrogens is 214 g/mol. The third-order valence-corrected chi connectivity index (χ3v) is 3.70. The first-order valence-electron chi connectivity index (χ1n) is 6.73. The zero-order valence-electron chi connectivity index (χ0n) is 11.9. The van der Waals surface area contributed by atoms with Gasteiger partial charge in [-0.1, -0.05) is 40.0 Å². The second-order valence-corrected chi connectivity index (χ2v) is 8.40. The van der Waals surface area contributed by atoms with Gasteiger partial charge in [-0.05, 0) is 37.9 Å². The van der Waals surface area contributed by atoms with Crippen LogP contribution in [0.1, 0.15) is 52.9 Å². The van der Waals surface area contributed by atoms with Crippen LogP contribution < -0.4 is 5.73 Å². The molecule has 0 spiro atoms. The van der Waals surface area contributed by atoms with E-state index in [0.29, 0.717) is 6.10 Å². The minimum Gasteiger partial charge on any atom is -0.417 e. The molecule has 0 aromatic rings. The highest BCUT2D eigenvalue weighted by Gasteiger charge is 2.25. The minimum absolute atomic E-state index is 0.283. The molecule has 0 aromatic heterocycles. The monoisotopic (exact) mass is 245 g/mol. The topological polar surface area (TPSA) is 35.2 Å². The molecule has 0 bridgehead atoms. The number of hydrogen-bond donors (Lipinski definition) is 1. The molecule has 2 N–H and O–H groups in total. The fourth-order valence-corrected chi connectivity index (χ4v) is 3.06. The van der Waals surface area contributed by atoms with E-state index in [1.54, 1.807) is 0 Å². The molecule has 0 radical (unpaired) electrons. The average Bonchev–Trinajstić information content (AvgIpc) is 2.13. The first kappa shape index (κ1) is 16.1. The van der Waals surface area contributed by atoms with E-state index in [-0.39, 0.29) is 5.41 Å². The van der Waals surface area contributed by atoms with Gasteiger partial charge in [0.1, 0.15) is 0 Å².